The number of hydrogen-bond acceptors (Lipinski definition) is 5. The molecule has 0 aliphatic carbocycles. The predicted molar refractivity (Wildman–Crippen MR) is 79.8 cm³/mol. The molecule has 23 heavy (non-hydrogen) atoms. The minimum Gasteiger partial charge on any atom is -0.468 e. The Morgan fingerprint density at radius 3 is 2.65 bits per heavy atom. The quantitative estimate of drug-likeness (QED) is 0.679. The Morgan fingerprint density at radius 2 is 2.00 bits per heavy atom. The van der Waals surface area contributed by atoms with Crippen LogP contribution < -0.4 is 5.56 Å². The Labute approximate surface area is 129 Å². The van der Waals surface area contributed by atoms with Crippen LogP contribution in [0.25, 0.3) is 16.6 Å². The van der Waals surface area contributed by atoms with Gasteiger partial charge in [-0.05, 0) is 31.2 Å². The Kier molecular flexibility index (Phi) is 3.65. The number of rotatable bonds is 3. The summed E-state index contributed by atoms with van der Waals surface area (Å²) >= 11 is 0. The molecule has 3 aromatic rings. The minimum atomic E-state index is -0.578. The summed E-state index contributed by atoms with van der Waals surface area (Å²) in [6, 6.07) is 5.59. The molecule has 0 aliphatic rings. The van der Waals surface area contributed by atoms with Crippen molar-refractivity contribution in [3.63, 3.8) is 0 Å². The van der Waals surface area contributed by atoms with Gasteiger partial charge in [-0.15, -0.1) is 0 Å². The number of halogens is 1. The van der Waals surface area contributed by atoms with E-state index in [-0.39, 0.29) is 17.9 Å². The number of carbonyl (C=O) groups is 1. The molecule has 8 heteroatoms. The largest absolute Gasteiger partial charge is 0.468 e. The van der Waals surface area contributed by atoms with E-state index in [1.807, 2.05) is 0 Å². The third-order valence-corrected chi connectivity index (χ3v) is 3.44. The average Bonchev–Trinajstić information content (AvgIpc) is 2.98. The number of aryl methyl sites for hydroxylation is 1. The molecule has 0 aliphatic heterocycles. The molecular formula is C15H13FN4O3. The van der Waals surface area contributed by atoms with E-state index >= 15 is 0 Å². The number of nitrogens with zero attached hydrogens (tertiary/aromatic N) is 4. The highest BCUT2D eigenvalue weighted by Gasteiger charge is 2.16. The normalized spacial score (nSPS) is 10.9. The van der Waals surface area contributed by atoms with Crippen LogP contribution in [0.1, 0.15) is 5.69 Å². The molecule has 0 saturated carbocycles. The molecule has 7 nitrogen and oxygen atoms in total. The van der Waals surface area contributed by atoms with Crippen LogP contribution >= 0.6 is 0 Å². The third-order valence-electron chi connectivity index (χ3n) is 3.44. The molecule has 0 amide bonds. The zero-order valence-corrected chi connectivity index (χ0v) is 12.5. The van der Waals surface area contributed by atoms with E-state index in [2.05, 4.69) is 14.9 Å². The zero-order chi connectivity index (χ0) is 16.6. The standard InChI is InChI=1S/C15H13FN4O3/c1-9-12-7-17-20(11-5-3-10(16)4-6-11)14(12)15(22)19(18-9)8-13(21)23-2/h3-7H,8H2,1-2H3. The lowest BCUT2D eigenvalue weighted by molar-refractivity contribution is -0.141. The maximum Gasteiger partial charge on any atom is 0.327 e. The molecule has 0 atom stereocenters. The Morgan fingerprint density at radius 1 is 1.30 bits per heavy atom. The monoisotopic (exact) mass is 316 g/mol. The van der Waals surface area contributed by atoms with Gasteiger partial charge in [-0.25, -0.2) is 13.8 Å². The smallest absolute Gasteiger partial charge is 0.327 e. The maximum atomic E-state index is 13.1. The Bertz CT molecular complexity index is 944. The van der Waals surface area contributed by atoms with Gasteiger partial charge in [-0.2, -0.15) is 10.2 Å². The van der Waals surface area contributed by atoms with Gasteiger partial charge in [0.05, 0.1) is 24.7 Å². The lowest BCUT2D eigenvalue weighted by Gasteiger charge is -2.07. The van der Waals surface area contributed by atoms with Crippen molar-refractivity contribution < 1.29 is 13.9 Å². The topological polar surface area (TPSA) is 79.0 Å². The molecule has 0 saturated heterocycles. The van der Waals surface area contributed by atoms with Gasteiger partial charge in [-0.3, -0.25) is 9.59 Å². The van der Waals surface area contributed by atoms with Crippen LogP contribution in [0.4, 0.5) is 4.39 Å². The van der Waals surface area contributed by atoms with Crippen LogP contribution in [0.3, 0.4) is 0 Å². The lowest BCUT2D eigenvalue weighted by atomic mass is 10.2. The van der Waals surface area contributed by atoms with Crippen LogP contribution in [0, 0.1) is 12.7 Å². The minimum absolute atomic E-state index is 0.271. The molecule has 0 radical (unpaired) electrons. The second kappa shape index (κ2) is 5.64. The fourth-order valence-electron chi connectivity index (χ4n) is 2.29. The van der Waals surface area contributed by atoms with Crippen LogP contribution in [0.5, 0.6) is 0 Å². The number of methoxy groups -OCH3 is 1. The highest BCUT2D eigenvalue weighted by molar-refractivity contribution is 5.81. The fraction of sp³-hybridized carbons (Fsp3) is 0.200. The number of hydrogen-bond donors (Lipinski definition) is 0. The fourth-order valence-corrected chi connectivity index (χ4v) is 2.29. The SMILES string of the molecule is COC(=O)Cn1nc(C)c2cnn(-c3ccc(F)cc3)c2c1=O. The van der Waals surface area contributed by atoms with Crippen molar-refractivity contribution >= 4 is 16.9 Å². The summed E-state index contributed by atoms with van der Waals surface area (Å²) in [5.41, 5.74) is 0.886. The second-order valence-electron chi connectivity index (χ2n) is 4.92. The van der Waals surface area contributed by atoms with Gasteiger partial charge in [0.25, 0.3) is 5.56 Å². The molecule has 0 N–H and O–H groups in total. The lowest BCUT2D eigenvalue weighted by Crippen LogP contribution is -2.29. The number of esters is 1. The zero-order valence-electron chi connectivity index (χ0n) is 12.5. The first-order valence-electron chi connectivity index (χ1n) is 6.79. The summed E-state index contributed by atoms with van der Waals surface area (Å²) < 4.78 is 20.1. The van der Waals surface area contributed by atoms with Crippen molar-refractivity contribution in [1.82, 2.24) is 19.6 Å². The van der Waals surface area contributed by atoms with Gasteiger partial charge in [0.1, 0.15) is 17.9 Å². The number of benzene rings is 1. The molecule has 2 aromatic heterocycles. The predicted octanol–water partition coefficient (Wildman–Crippen LogP) is 1.20. The average molecular weight is 316 g/mol. The first kappa shape index (κ1) is 14.9. The van der Waals surface area contributed by atoms with Gasteiger partial charge in [-0.1, -0.05) is 0 Å². The van der Waals surface area contributed by atoms with E-state index in [4.69, 9.17) is 0 Å². The van der Waals surface area contributed by atoms with E-state index in [0.29, 0.717) is 16.8 Å². The number of aromatic nitrogens is 4. The summed E-state index contributed by atoms with van der Waals surface area (Å²) in [5, 5.41) is 8.85. The van der Waals surface area contributed by atoms with Gasteiger partial charge >= 0.3 is 5.97 Å². The van der Waals surface area contributed by atoms with E-state index in [1.165, 1.54) is 42.3 Å². The summed E-state index contributed by atoms with van der Waals surface area (Å²) in [7, 11) is 1.24. The van der Waals surface area contributed by atoms with E-state index < -0.39 is 11.5 Å². The van der Waals surface area contributed by atoms with Crippen LogP contribution in [-0.4, -0.2) is 32.6 Å². The molecule has 0 unspecified atom stereocenters. The maximum absolute atomic E-state index is 13.1. The van der Waals surface area contributed by atoms with Gasteiger partial charge in [0.2, 0.25) is 0 Å². The van der Waals surface area contributed by atoms with E-state index in [9.17, 15) is 14.0 Å². The molecule has 1 aromatic carbocycles. The highest BCUT2D eigenvalue weighted by Crippen LogP contribution is 2.17. The third kappa shape index (κ3) is 2.59. The van der Waals surface area contributed by atoms with Crippen molar-refractivity contribution in [2.45, 2.75) is 13.5 Å². The molecule has 2 heterocycles. The Balaban J connectivity index is 2.23. The first-order valence-corrected chi connectivity index (χ1v) is 6.79. The van der Waals surface area contributed by atoms with Crippen molar-refractivity contribution in [2.75, 3.05) is 7.11 Å². The number of fused-ring (bicyclic) bond motifs is 1. The first-order chi connectivity index (χ1) is 11.0. The van der Waals surface area contributed by atoms with Crippen molar-refractivity contribution in [3.05, 3.63) is 52.3 Å². The van der Waals surface area contributed by atoms with E-state index in [1.54, 1.807) is 6.92 Å². The van der Waals surface area contributed by atoms with Gasteiger partial charge < -0.3 is 4.74 Å². The second-order valence-corrected chi connectivity index (χ2v) is 4.92. The Hall–Kier alpha value is -3.03. The van der Waals surface area contributed by atoms with Crippen molar-refractivity contribution in [1.29, 1.82) is 0 Å². The number of ether oxygens (including phenoxy) is 1. The van der Waals surface area contributed by atoms with Crippen molar-refractivity contribution in [3.8, 4) is 5.69 Å². The summed E-state index contributed by atoms with van der Waals surface area (Å²) in [4.78, 5) is 24.0. The summed E-state index contributed by atoms with van der Waals surface area (Å²) in [6.45, 7) is 1.42. The van der Waals surface area contributed by atoms with Crippen molar-refractivity contribution in [2.24, 2.45) is 0 Å². The van der Waals surface area contributed by atoms with Crippen LogP contribution in [0.15, 0.2) is 35.3 Å². The highest BCUT2D eigenvalue weighted by atomic mass is 19.1. The van der Waals surface area contributed by atoms with Gasteiger partial charge in [0.15, 0.2) is 0 Å². The van der Waals surface area contributed by atoms with Crippen LogP contribution in [0.2, 0.25) is 0 Å². The van der Waals surface area contributed by atoms with E-state index in [0.717, 1.165) is 4.68 Å². The molecular weight excluding hydrogens is 303 g/mol. The van der Waals surface area contributed by atoms with Crippen LogP contribution in [-0.2, 0) is 16.1 Å². The molecule has 0 bridgehead atoms. The van der Waals surface area contributed by atoms with Gasteiger partial charge in [0, 0.05) is 5.39 Å². The summed E-state index contributed by atoms with van der Waals surface area (Å²) in [6.07, 6.45) is 1.52. The molecule has 0 spiro atoms. The summed E-state index contributed by atoms with van der Waals surface area (Å²) in [5.74, 6) is -0.961. The molecule has 0 fully saturated rings. The molecule has 118 valence electrons. The number of carbonyl (C=O) groups excluding carboxylic acids is 1. The molecule has 3 rings (SSSR count).